The molecule has 0 radical (unpaired) electrons. The Morgan fingerprint density at radius 2 is 0.627 bits per heavy atom. The molecule has 67 heavy (non-hydrogen) atoms. The van der Waals surface area contributed by atoms with Crippen LogP contribution >= 0.6 is 0 Å². The molecule has 1 heterocycles. The standard InChI is InChI=1S/C65H43NO/c1-63(2)53-24-10-3-17-43(53)49-34-31-41(38-59(49)63)66(40-33-36-62-52(37-40)51-23-9-16-30-61(51)67-62)42-32-35-50-48-22-8-13-27-56(48)64-54-25-11-4-18-44(54)46-20-6-14-28-57(46)65(64,60(50)39-42)58-29-15-7-21-47(58)45-19-5-12-26-55(45)64/h3-39H,1-2H3. The summed E-state index contributed by atoms with van der Waals surface area (Å²) < 4.78 is 6.45. The molecule has 0 unspecified atom stereocenters. The molecule has 10 aromatic carbocycles. The van der Waals surface area contributed by atoms with Crippen LogP contribution in [-0.4, -0.2) is 0 Å². The van der Waals surface area contributed by atoms with E-state index in [0.29, 0.717) is 0 Å². The molecular weight excluding hydrogens is 811 g/mol. The van der Waals surface area contributed by atoms with Gasteiger partial charge in [-0.05, 0) is 138 Å². The average molecular weight is 854 g/mol. The maximum Gasteiger partial charge on any atom is 0.135 e. The third-order valence-electron chi connectivity index (χ3n) is 16.2. The summed E-state index contributed by atoms with van der Waals surface area (Å²) in [5.41, 5.74) is 24.7. The zero-order valence-electron chi connectivity index (χ0n) is 37.2. The summed E-state index contributed by atoms with van der Waals surface area (Å²) in [5.74, 6) is 0. The molecule has 0 amide bonds. The van der Waals surface area contributed by atoms with Crippen LogP contribution in [0.5, 0.6) is 0 Å². The summed E-state index contributed by atoms with van der Waals surface area (Å²) >= 11 is 0. The Bertz CT molecular complexity index is 3850. The Morgan fingerprint density at radius 3 is 1.15 bits per heavy atom. The largest absolute Gasteiger partial charge is 0.456 e. The molecule has 0 atom stereocenters. The van der Waals surface area contributed by atoms with Gasteiger partial charge in [0.25, 0.3) is 0 Å². The second-order valence-corrected chi connectivity index (χ2v) is 19.5. The van der Waals surface area contributed by atoms with E-state index < -0.39 is 10.8 Å². The first-order chi connectivity index (χ1) is 33.0. The molecule has 0 saturated heterocycles. The number of benzene rings is 10. The lowest BCUT2D eigenvalue weighted by Gasteiger charge is -2.62. The molecule has 4 aliphatic carbocycles. The number of para-hydroxylation sites is 1. The first-order valence-electron chi connectivity index (χ1n) is 23.6. The molecule has 0 saturated carbocycles. The molecule has 0 spiro atoms. The second kappa shape index (κ2) is 13.0. The fourth-order valence-corrected chi connectivity index (χ4v) is 13.7. The number of anilines is 3. The Labute approximate surface area is 390 Å². The molecule has 0 N–H and O–H groups in total. The van der Waals surface area contributed by atoms with Crippen LogP contribution in [0, 0.1) is 0 Å². The van der Waals surface area contributed by atoms with E-state index in [-0.39, 0.29) is 5.41 Å². The normalized spacial score (nSPS) is 18.2. The van der Waals surface area contributed by atoms with Crippen LogP contribution in [0.1, 0.15) is 58.4 Å². The van der Waals surface area contributed by atoms with Crippen LogP contribution in [0.3, 0.4) is 0 Å². The third-order valence-corrected chi connectivity index (χ3v) is 16.2. The highest BCUT2D eigenvalue weighted by atomic mass is 16.3. The predicted octanol–water partition coefficient (Wildman–Crippen LogP) is 16.7. The van der Waals surface area contributed by atoms with Gasteiger partial charge < -0.3 is 9.32 Å². The van der Waals surface area contributed by atoms with Gasteiger partial charge in [-0.1, -0.05) is 190 Å². The minimum absolute atomic E-state index is 0.172. The fourth-order valence-electron chi connectivity index (χ4n) is 13.7. The van der Waals surface area contributed by atoms with Gasteiger partial charge in [0.2, 0.25) is 0 Å². The van der Waals surface area contributed by atoms with Crippen molar-refractivity contribution in [2.24, 2.45) is 0 Å². The van der Waals surface area contributed by atoms with E-state index in [4.69, 9.17) is 4.42 Å². The Balaban J connectivity index is 1.09. The van der Waals surface area contributed by atoms with Crippen molar-refractivity contribution < 1.29 is 4.42 Å². The van der Waals surface area contributed by atoms with Crippen molar-refractivity contribution in [3.05, 3.63) is 269 Å². The zero-order chi connectivity index (χ0) is 44.2. The Hall–Kier alpha value is -8.20. The topological polar surface area (TPSA) is 16.4 Å². The Kier molecular flexibility index (Phi) is 7.19. The van der Waals surface area contributed by atoms with E-state index in [0.717, 1.165) is 39.0 Å². The molecule has 314 valence electrons. The number of fused-ring (bicyclic) bond motifs is 15. The van der Waals surface area contributed by atoms with E-state index in [1.54, 1.807) is 0 Å². The van der Waals surface area contributed by atoms with Gasteiger partial charge >= 0.3 is 0 Å². The smallest absolute Gasteiger partial charge is 0.135 e. The van der Waals surface area contributed by atoms with Gasteiger partial charge in [-0.3, -0.25) is 0 Å². The van der Waals surface area contributed by atoms with Crippen LogP contribution in [0.25, 0.3) is 66.4 Å². The maximum absolute atomic E-state index is 6.45. The van der Waals surface area contributed by atoms with Gasteiger partial charge in [0, 0.05) is 33.2 Å². The van der Waals surface area contributed by atoms with E-state index >= 15 is 0 Å². The highest BCUT2D eigenvalue weighted by Gasteiger charge is 2.66. The SMILES string of the molecule is CC1(C)c2ccccc2-c2ccc(N(c3ccc4c(c3)C35c6ccccc6-c6ccccc6C3(c3ccccc3-c3ccccc35)c3ccccc3-4)c3ccc4oc5ccccc5c4c3)cc21. The van der Waals surface area contributed by atoms with Crippen molar-refractivity contribution in [3.63, 3.8) is 0 Å². The summed E-state index contributed by atoms with van der Waals surface area (Å²) in [6, 6.07) is 85.0. The highest BCUT2D eigenvalue weighted by Crippen LogP contribution is 2.73. The molecule has 0 fully saturated rings. The molecule has 0 bridgehead atoms. The van der Waals surface area contributed by atoms with Gasteiger partial charge in [-0.2, -0.15) is 0 Å². The maximum atomic E-state index is 6.45. The minimum atomic E-state index is -0.666. The molecule has 15 rings (SSSR count). The van der Waals surface area contributed by atoms with E-state index in [1.807, 2.05) is 0 Å². The average Bonchev–Trinajstić information content (AvgIpc) is 3.87. The predicted molar refractivity (Wildman–Crippen MR) is 275 cm³/mol. The van der Waals surface area contributed by atoms with Gasteiger partial charge in [0.05, 0.1) is 10.8 Å². The summed E-state index contributed by atoms with van der Waals surface area (Å²) in [6.45, 7) is 4.75. The molecule has 2 heteroatoms. The van der Waals surface area contributed by atoms with Crippen LogP contribution < -0.4 is 4.90 Å². The quantitative estimate of drug-likeness (QED) is 0.176. The van der Waals surface area contributed by atoms with Crippen LogP contribution in [0.15, 0.2) is 229 Å². The van der Waals surface area contributed by atoms with Crippen molar-refractivity contribution in [2.75, 3.05) is 4.90 Å². The highest BCUT2D eigenvalue weighted by molar-refractivity contribution is 6.07. The number of rotatable bonds is 3. The van der Waals surface area contributed by atoms with Crippen LogP contribution in [0.4, 0.5) is 17.1 Å². The van der Waals surface area contributed by atoms with Crippen LogP contribution in [-0.2, 0) is 16.2 Å². The fraction of sp³-hybridized carbons (Fsp3) is 0.0769. The van der Waals surface area contributed by atoms with Crippen molar-refractivity contribution in [2.45, 2.75) is 30.1 Å². The lowest BCUT2D eigenvalue weighted by Crippen LogP contribution is -2.58. The number of nitrogens with zero attached hydrogens (tertiary/aromatic N) is 1. The first-order valence-corrected chi connectivity index (χ1v) is 23.6. The summed E-state index contributed by atoms with van der Waals surface area (Å²) in [6.07, 6.45) is 0. The van der Waals surface area contributed by atoms with Gasteiger partial charge in [0.15, 0.2) is 0 Å². The molecule has 4 aliphatic rings. The van der Waals surface area contributed by atoms with Crippen molar-refractivity contribution in [3.8, 4) is 44.5 Å². The van der Waals surface area contributed by atoms with Crippen molar-refractivity contribution >= 4 is 39.0 Å². The number of furan rings is 1. The monoisotopic (exact) mass is 853 g/mol. The van der Waals surface area contributed by atoms with Crippen molar-refractivity contribution in [1.29, 1.82) is 0 Å². The molecule has 0 aliphatic heterocycles. The van der Waals surface area contributed by atoms with E-state index in [1.165, 1.54) is 89.0 Å². The summed E-state index contributed by atoms with van der Waals surface area (Å²) in [4.78, 5) is 2.50. The zero-order valence-corrected chi connectivity index (χ0v) is 37.2. The van der Waals surface area contributed by atoms with Gasteiger partial charge in [-0.25, -0.2) is 0 Å². The van der Waals surface area contributed by atoms with Crippen LogP contribution in [0.2, 0.25) is 0 Å². The number of hydrogen-bond donors (Lipinski definition) is 0. The lowest BCUT2D eigenvalue weighted by atomic mass is 9.38. The minimum Gasteiger partial charge on any atom is -0.456 e. The third kappa shape index (κ3) is 4.46. The Morgan fingerprint density at radius 1 is 0.284 bits per heavy atom. The second-order valence-electron chi connectivity index (χ2n) is 19.5. The van der Waals surface area contributed by atoms with E-state index in [9.17, 15) is 0 Å². The lowest BCUT2D eigenvalue weighted by molar-refractivity contribution is 0.405. The molecular formula is C65H43NO. The summed E-state index contributed by atoms with van der Waals surface area (Å²) in [5, 5.41) is 2.22. The van der Waals surface area contributed by atoms with Gasteiger partial charge in [0.1, 0.15) is 11.2 Å². The molecule has 2 nitrogen and oxygen atoms in total. The summed E-state index contributed by atoms with van der Waals surface area (Å²) in [7, 11) is 0. The molecule has 1 aromatic heterocycles. The van der Waals surface area contributed by atoms with Gasteiger partial charge in [-0.15, -0.1) is 0 Å². The molecule has 11 aromatic rings. The number of hydrogen-bond acceptors (Lipinski definition) is 2. The van der Waals surface area contributed by atoms with E-state index in [2.05, 4.69) is 243 Å². The van der Waals surface area contributed by atoms with Crippen molar-refractivity contribution in [1.82, 2.24) is 0 Å². The first kappa shape index (κ1) is 37.1.